The summed E-state index contributed by atoms with van der Waals surface area (Å²) in [5, 5.41) is 4.77. The van der Waals surface area contributed by atoms with E-state index in [0.717, 1.165) is 33.6 Å². The van der Waals surface area contributed by atoms with Crippen LogP contribution >= 0.6 is 0 Å². The number of anilines is 3. The summed E-state index contributed by atoms with van der Waals surface area (Å²) >= 11 is 0. The number of benzene rings is 9. The minimum Gasteiger partial charge on any atom is -0.455 e. The van der Waals surface area contributed by atoms with Gasteiger partial charge in [0, 0.05) is 38.6 Å². The molecule has 0 saturated heterocycles. The second-order valence-corrected chi connectivity index (χ2v) is 15.7. The van der Waals surface area contributed by atoms with Crippen molar-refractivity contribution in [1.82, 2.24) is 0 Å². The van der Waals surface area contributed by atoms with Crippen LogP contribution in [0.2, 0.25) is 0 Å². The lowest BCUT2D eigenvalue weighted by Crippen LogP contribution is -2.16. The summed E-state index contributed by atoms with van der Waals surface area (Å²) in [5.74, 6) is 0. The van der Waals surface area contributed by atoms with Crippen molar-refractivity contribution < 1.29 is 4.42 Å². The Morgan fingerprint density at radius 3 is 1.40 bits per heavy atom. The molecule has 0 unspecified atom stereocenters. The van der Waals surface area contributed by atoms with E-state index in [9.17, 15) is 0 Å². The van der Waals surface area contributed by atoms with E-state index in [4.69, 9.17) is 4.42 Å². The average Bonchev–Trinajstić information content (AvgIpc) is 3.77. The van der Waals surface area contributed by atoms with Gasteiger partial charge in [-0.3, -0.25) is 0 Å². The molecule has 0 fully saturated rings. The number of hydrogen-bond acceptors (Lipinski definition) is 2. The van der Waals surface area contributed by atoms with E-state index < -0.39 is 0 Å². The van der Waals surface area contributed by atoms with Crippen molar-refractivity contribution in [3.05, 3.63) is 211 Å². The van der Waals surface area contributed by atoms with Crippen molar-refractivity contribution in [3.8, 4) is 44.5 Å². The molecule has 10 aromatic rings. The number of nitrogens with zero attached hydrogens (tertiary/aromatic N) is 1. The minimum atomic E-state index is -0.238. The zero-order valence-electron chi connectivity index (χ0n) is 31.9. The fraction of sp³-hybridized carbons (Fsp3) is 0.0545. The molecule has 0 N–H and O–H groups in total. The molecular formula is C55H39NO. The summed E-state index contributed by atoms with van der Waals surface area (Å²) in [4.78, 5) is 2.40. The first-order valence-electron chi connectivity index (χ1n) is 19.8. The standard InChI is InChI=1S/C55H39NO/c1-55(2)49-34-33-44(35-48(49)51-45-17-9-10-18-46(45)54-52(53(51)55)47-19-11-12-20-50(47)57-54)56(42-29-25-40(26-30-42)37-15-7-4-8-16-37)43-31-27-41(28-32-43)39-23-21-38(22-24-39)36-13-5-3-6-14-36/h3-35H,1-2H3. The van der Waals surface area contributed by atoms with Crippen molar-refractivity contribution in [3.63, 3.8) is 0 Å². The molecule has 0 aliphatic heterocycles. The summed E-state index contributed by atoms with van der Waals surface area (Å²) in [5.41, 5.74) is 17.5. The Morgan fingerprint density at radius 1 is 0.404 bits per heavy atom. The molecular weight excluding hydrogens is 691 g/mol. The maximum atomic E-state index is 6.66. The maximum Gasteiger partial charge on any atom is 0.143 e. The highest BCUT2D eigenvalue weighted by atomic mass is 16.3. The number of para-hydroxylation sites is 1. The Morgan fingerprint density at radius 2 is 0.842 bits per heavy atom. The van der Waals surface area contributed by atoms with Crippen LogP contribution in [0.3, 0.4) is 0 Å². The van der Waals surface area contributed by atoms with Gasteiger partial charge in [0.25, 0.3) is 0 Å². The molecule has 0 bridgehead atoms. The first-order valence-corrected chi connectivity index (χ1v) is 19.8. The predicted octanol–water partition coefficient (Wildman–Crippen LogP) is 15.5. The number of fused-ring (bicyclic) bond motifs is 10. The molecule has 0 radical (unpaired) electrons. The molecule has 1 aliphatic rings. The molecule has 270 valence electrons. The van der Waals surface area contributed by atoms with Gasteiger partial charge in [-0.25, -0.2) is 0 Å². The third-order valence-corrected chi connectivity index (χ3v) is 12.0. The Hall–Kier alpha value is -7.16. The first kappa shape index (κ1) is 33.2. The zero-order chi connectivity index (χ0) is 38.1. The van der Waals surface area contributed by atoms with Crippen LogP contribution in [0.4, 0.5) is 17.1 Å². The highest BCUT2D eigenvalue weighted by Gasteiger charge is 2.40. The Balaban J connectivity index is 1.07. The fourth-order valence-corrected chi connectivity index (χ4v) is 9.27. The van der Waals surface area contributed by atoms with E-state index in [-0.39, 0.29) is 5.41 Å². The molecule has 0 saturated carbocycles. The molecule has 1 aliphatic carbocycles. The smallest absolute Gasteiger partial charge is 0.143 e. The molecule has 2 nitrogen and oxygen atoms in total. The summed E-state index contributed by atoms with van der Waals surface area (Å²) < 4.78 is 6.66. The molecule has 1 aromatic heterocycles. The van der Waals surface area contributed by atoms with E-state index >= 15 is 0 Å². The van der Waals surface area contributed by atoms with Crippen molar-refractivity contribution in [1.29, 1.82) is 0 Å². The third-order valence-electron chi connectivity index (χ3n) is 12.0. The minimum absolute atomic E-state index is 0.238. The van der Waals surface area contributed by atoms with Crippen LogP contribution in [0.5, 0.6) is 0 Å². The van der Waals surface area contributed by atoms with Gasteiger partial charge >= 0.3 is 0 Å². The lowest BCUT2D eigenvalue weighted by molar-refractivity contribution is 0.659. The van der Waals surface area contributed by atoms with Crippen LogP contribution < -0.4 is 4.90 Å². The van der Waals surface area contributed by atoms with Gasteiger partial charge < -0.3 is 9.32 Å². The van der Waals surface area contributed by atoms with Gasteiger partial charge in [-0.15, -0.1) is 0 Å². The first-order chi connectivity index (χ1) is 28.0. The van der Waals surface area contributed by atoms with Gasteiger partial charge in [0.05, 0.1) is 0 Å². The van der Waals surface area contributed by atoms with Gasteiger partial charge in [-0.1, -0.05) is 172 Å². The summed E-state index contributed by atoms with van der Waals surface area (Å²) in [6.45, 7) is 4.75. The predicted molar refractivity (Wildman–Crippen MR) is 240 cm³/mol. The Bertz CT molecular complexity index is 3100. The Labute approximate surface area is 332 Å². The highest BCUT2D eigenvalue weighted by molar-refractivity contribution is 6.23. The van der Waals surface area contributed by atoms with Crippen molar-refractivity contribution in [2.75, 3.05) is 4.90 Å². The average molecular weight is 730 g/mol. The van der Waals surface area contributed by atoms with Crippen LogP contribution in [-0.4, -0.2) is 0 Å². The second kappa shape index (κ2) is 13.0. The molecule has 11 rings (SSSR count). The van der Waals surface area contributed by atoms with Crippen molar-refractivity contribution >= 4 is 49.8 Å². The molecule has 0 atom stereocenters. The lowest BCUT2D eigenvalue weighted by atomic mass is 9.79. The molecule has 9 aromatic carbocycles. The third kappa shape index (κ3) is 5.33. The van der Waals surface area contributed by atoms with Crippen molar-refractivity contribution in [2.24, 2.45) is 0 Å². The van der Waals surface area contributed by atoms with E-state index in [1.807, 2.05) is 0 Å². The molecule has 2 heteroatoms. The Kier molecular flexibility index (Phi) is 7.55. The lowest BCUT2D eigenvalue weighted by Gasteiger charge is -2.27. The van der Waals surface area contributed by atoms with E-state index in [1.165, 1.54) is 71.8 Å². The molecule has 0 amide bonds. The molecule has 0 spiro atoms. The van der Waals surface area contributed by atoms with Gasteiger partial charge in [0.15, 0.2) is 0 Å². The van der Waals surface area contributed by atoms with Crippen LogP contribution in [0.15, 0.2) is 205 Å². The maximum absolute atomic E-state index is 6.66. The molecule has 1 heterocycles. The van der Waals surface area contributed by atoms with Gasteiger partial charge in [-0.2, -0.15) is 0 Å². The van der Waals surface area contributed by atoms with Crippen molar-refractivity contribution in [2.45, 2.75) is 19.3 Å². The van der Waals surface area contributed by atoms with Crippen LogP contribution in [0.1, 0.15) is 25.0 Å². The second-order valence-electron chi connectivity index (χ2n) is 15.7. The SMILES string of the molecule is CC1(C)c2ccc(N(c3ccc(-c4ccccc4)cc3)c3ccc(-c4ccc(-c5ccccc5)cc4)cc3)cc2-c2c1c1c3ccccc3oc1c1ccccc21. The van der Waals surface area contributed by atoms with Gasteiger partial charge in [0.1, 0.15) is 11.2 Å². The van der Waals surface area contributed by atoms with Gasteiger partial charge in [-0.05, 0) is 103 Å². The topological polar surface area (TPSA) is 16.4 Å². The number of furan rings is 1. The fourth-order valence-electron chi connectivity index (χ4n) is 9.27. The highest BCUT2D eigenvalue weighted by Crippen LogP contribution is 2.57. The van der Waals surface area contributed by atoms with Crippen LogP contribution in [-0.2, 0) is 5.41 Å². The molecule has 57 heavy (non-hydrogen) atoms. The monoisotopic (exact) mass is 729 g/mol. The summed E-state index contributed by atoms with van der Waals surface area (Å²) in [6, 6.07) is 72.4. The van der Waals surface area contributed by atoms with E-state index in [2.05, 4.69) is 219 Å². The van der Waals surface area contributed by atoms with Gasteiger partial charge in [0.2, 0.25) is 0 Å². The normalized spacial score (nSPS) is 12.9. The largest absolute Gasteiger partial charge is 0.455 e. The van der Waals surface area contributed by atoms with E-state index in [0.29, 0.717) is 0 Å². The number of hydrogen-bond donors (Lipinski definition) is 0. The van der Waals surface area contributed by atoms with Crippen LogP contribution in [0.25, 0.3) is 77.2 Å². The summed E-state index contributed by atoms with van der Waals surface area (Å²) in [7, 11) is 0. The zero-order valence-corrected chi connectivity index (χ0v) is 31.9. The van der Waals surface area contributed by atoms with E-state index in [1.54, 1.807) is 0 Å². The van der Waals surface area contributed by atoms with Crippen LogP contribution in [0, 0.1) is 0 Å². The number of rotatable bonds is 6. The quantitative estimate of drug-likeness (QED) is 0.169. The summed E-state index contributed by atoms with van der Waals surface area (Å²) in [6.07, 6.45) is 0.